The molecule has 0 aliphatic rings. The summed E-state index contributed by atoms with van der Waals surface area (Å²) in [5.74, 6) is -0.610. The van der Waals surface area contributed by atoms with Gasteiger partial charge in [-0.3, -0.25) is 9.59 Å². The third-order valence-corrected chi connectivity index (χ3v) is 5.88. The monoisotopic (exact) mass is 422 g/mol. The molecule has 0 saturated heterocycles. The van der Waals surface area contributed by atoms with Crippen LogP contribution < -0.4 is 10.6 Å². The number of thioether (sulfide) groups is 1. The number of ether oxygens (including phenoxy) is 1. The molecule has 0 aliphatic carbocycles. The number of amides is 2. The lowest BCUT2D eigenvalue weighted by molar-refractivity contribution is -0.120. The molecule has 0 fully saturated rings. The average molecular weight is 423 g/mol. The zero-order chi connectivity index (χ0) is 20.5. The molecule has 10 heteroatoms. The minimum absolute atomic E-state index is 0.0450. The van der Waals surface area contributed by atoms with Crippen molar-refractivity contribution >= 4 is 51.7 Å². The topological polar surface area (TPSA) is 110 Å². The van der Waals surface area contributed by atoms with Crippen LogP contribution in [-0.4, -0.2) is 40.8 Å². The first kappa shape index (κ1) is 21.8. The van der Waals surface area contributed by atoms with Gasteiger partial charge in [-0.25, -0.2) is 4.79 Å². The van der Waals surface area contributed by atoms with Crippen LogP contribution in [0.25, 0.3) is 0 Å². The Morgan fingerprint density at radius 3 is 2.39 bits per heavy atom. The number of esters is 1. The molecule has 2 aromatic rings. The number of benzene rings is 1. The summed E-state index contributed by atoms with van der Waals surface area (Å²) in [6.07, 6.45) is 1.53. The van der Waals surface area contributed by atoms with Crippen molar-refractivity contribution in [1.29, 1.82) is 0 Å². The van der Waals surface area contributed by atoms with E-state index in [0.717, 1.165) is 12.8 Å². The molecule has 150 valence electrons. The summed E-state index contributed by atoms with van der Waals surface area (Å²) in [5, 5.41) is 13.9. The molecule has 0 bridgehead atoms. The van der Waals surface area contributed by atoms with Gasteiger partial charge in [0.05, 0.1) is 18.4 Å². The van der Waals surface area contributed by atoms with Crippen molar-refractivity contribution in [3.05, 3.63) is 29.8 Å². The van der Waals surface area contributed by atoms with Crippen molar-refractivity contribution in [2.75, 3.05) is 23.5 Å². The van der Waals surface area contributed by atoms with E-state index in [1.807, 2.05) is 13.8 Å². The molecular formula is C18H22N4O4S2. The smallest absolute Gasteiger partial charge is 0.337 e. The number of aromatic nitrogens is 2. The van der Waals surface area contributed by atoms with Gasteiger partial charge in [0.25, 0.3) is 0 Å². The van der Waals surface area contributed by atoms with Crippen LogP contribution in [0.2, 0.25) is 0 Å². The highest BCUT2D eigenvalue weighted by Crippen LogP contribution is 2.26. The van der Waals surface area contributed by atoms with Crippen molar-refractivity contribution in [3.8, 4) is 0 Å². The maximum absolute atomic E-state index is 12.1. The molecule has 2 N–H and O–H groups in total. The van der Waals surface area contributed by atoms with E-state index in [9.17, 15) is 14.4 Å². The van der Waals surface area contributed by atoms with Crippen LogP contribution in [0, 0.1) is 5.92 Å². The summed E-state index contributed by atoms with van der Waals surface area (Å²) in [6.45, 7) is 3.94. The SMILES string of the molecule is CCC(CC)C(=O)Nc1nnc(SCC(=O)Nc2ccc(C(=O)OC)cc2)s1. The maximum atomic E-state index is 12.1. The standard InChI is InChI=1S/C18H22N4O4S2/c1-4-11(5-2)15(24)20-17-21-22-18(28-17)27-10-14(23)19-13-8-6-12(7-9-13)16(25)26-3/h6-9,11H,4-5,10H2,1-3H3,(H,19,23)(H,20,21,24). The first-order valence-corrected chi connectivity index (χ1v) is 10.5. The van der Waals surface area contributed by atoms with Crippen molar-refractivity contribution in [3.63, 3.8) is 0 Å². The fourth-order valence-corrected chi connectivity index (χ4v) is 3.87. The number of nitrogens with zero attached hydrogens (tertiary/aromatic N) is 2. The van der Waals surface area contributed by atoms with Gasteiger partial charge < -0.3 is 15.4 Å². The van der Waals surface area contributed by atoms with Gasteiger partial charge in [-0.15, -0.1) is 10.2 Å². The largest absolute Gasteiger partial charge is 0.465 e. The van der Waals surface area contributed by atoms with Crippen LogP contribution in [0.1, 0.15) is 37.0 Å². The highest BCUT2D eigenvalue weighted by atomic mass is 32.2. The Hall–Kier alpha value is -2.46. The molecule has 2 rings (SSSR count). The molecule has 28 heavy (non-hydrogen) atoms. The molecule has 0 unspecified atom stereocenters. The molecule has 0 saturated carbocycles. The molecule has 0 atom stereocenters. The van der Waals surface area contributed by atoms with Crippen molar-refractivity contribution < 1.29 is 19.1 Å². The van der Waals surface area contributed by atoms with E-state index in [1.165, 1.54) is 30.2 Å². The molecule has 2 amide bonds. The number of carbonyl (C=O) groups is 3. The Bertz CT molecular complexity index is 819. The second-order valence-electron chi connectivity index (χ2n) is 5.78. The van der Waals surface area contributed by atoms with Crippen molar-refractivity contribution in [1.82, 2.24) is 10.2 Å². The zero-order valence-corrected chi connectivity index (χ0v) is 17.5. The molecular weight excluding hydrogens is 400 g/mol. The predicted octanol–water partition coefficient (Wildman–Crippen LogP) is 3.43. The summed E-state index contributed by atoms with van der Waals surface area (Å²) < 4.78 is 5.22. The predicted molar refractivity (Wildman–Crippen MR) is 110 cm³/mol. The van der Waals surface area contributed by atoms with E-state index in [2.05, 4.69) is 25.6 Å². The van der Waals surface area contributed by atoms with Gasteiger partial charge in [-0.2, -0.15) is 0 Å². The van der Waals surface area contributed by atoms with E-state index in [-0.39, 0.29) is 23.5 Å². The fraction of sp³-hybridized carbons (Fsp3) is 0.389. The number of nitrogens with one attached hydrogen (secondary N) is 2. The number of anilines is 2. The highest BCUT2D eigenvalue weighted by Gasteiger charge is 2.16. The van der Waals surface area contributed by atoms with E-state index in [0.29, 0.717) is 20.7 Å². The van der Waals surface area contributed by atoms with E-state index >= 15 is 0 Å². The van der Waals surface area contributed by atoms with Gasteiger partial charge in [0.1, 0.15) is 0 Å². The number of methoxy groups -OCH3 is 1. The lowest BCUT2D eigenvalue weighted by atomic mass is 10.0. The van der Waals surface area contributed by atoms with Gasteiger partial charge >= 0.3 is 5.97 Å². The summed E-state index contributed by atoms with van der Waals surface area (Å²) in [7, 11) is 1.31. The van der Waals surface area contributed by atoms with Crippen LogP contribution >= 0.6 is 23.1 Å². The third-order valence-electron chi connectivity index (χ3n) is 3.91. The molecule has 0 spiro atoms. The molecule has 0 aliphatic heterocycles. The highest BCUT2D eigenvalue weighted by molar-refractivity contribution is 8.01. The molecule has 1 aromatic carbocycles. The first-order valence-electron chi connectivity index (χ1n) is 8.72. The van der Waals surface area contributed by atoms with Gasteiger partial charge in [0, 0.05) is 11.6 Å². The lowest BCUT2D eigenvalue weighted by Gasteiger charge is -2.09. The number of carbonyl (C=O) groups excluding carboxylic acids is 3. The maximum Gasteiger partial charge on any atom is 0.337 e. The first-order chi connectivity index (χ1) is 13.5. The summed E-state index contributed by atoms with van der Waals surface area (Å²) in [4.78, 5) is 35.5. The Morgan fingerprint density at radius 1 is 1.11 bits per heavy atom. The summed E-state index contributed by atoms with van der Waals surface area (Å²) in [6, 6.07) is 6.42. The molecule has 8 nitrogen and oxygen atoms in total. The second kappa shape index (κ2) is 10.8. The Labute approximate surface area is 171 Å². The van der Waals surface area contributed by atoms with E-state index < -0.39 is 5.97 Å². The van der Waals surface area contributed by atoms with Crippen molar-refractivity contribution in [2.24, 2.45) is 5.92 Å². The second-order valence-corrected chi connectivity index (χ2v) is 7.98. The fourth-order valence-electron chi connectivity index (χ4n) is 2.32. The summed E-state index contributed by atoms with van der Waals surface area (Å²) >= 11 is 2.47. The van der Waals surface area contributed by atoms with Gasteiger partial charge in [0.2, 0.25) is 16.9 Å². The zero-order valence-electron chi connectivity index (χ0n) is 15.9. The van der Waals surface area contributed by atoms with Crippen LogP contribution in [-0.2, 0) is 14.3 Å². The third kappa shape index (κ3) is 6.31. The lowest BCUT2D eigenvalue weighted by Crippen LogP contribution is -2.21. The van der Waals surface area contributed by atoms with E-state index in [4.69, 9.17) is 0 Å². The number of rotatable bonds is 9. The minimum atomic E-state index is -0.434. The van der Waals surface area contributed by atoms with E-state index in [1.54, 1.807) is 24.3 Å². The Morgan fingerprint density at radius 2 is 1.79 bits per heavy atom. The normalized spacial score (nSPS) is 10.6. The van der Waals surface area contributed by atoms with Gasteiger partial charge in [-0.1, -0.05) is 36.9 Å². The van der Waals surface area contributed by atoms with Crippen molar-refractivity contribution in [2.45, 2.75) is 31.0 Å². The molecule has 0 radical (unpaired) electrons. The van der Waals surface area contributed by atoms with Crippen LogP contribution in [0.15, 0.2) is 28.6 Å². The number of hydrogen-bond acceptors (Lipinski definition) is 8. The Balaban J connectivity index is 1.82. The Kier molecular flexibility index (Phi) is 8.40. The molecule has 1 heterocycles. The van der Waals surface area contributed by atoms with Crippen LogP contribution in [0.4, 0.5) is 10.8 Å². The van der Waals surface area contributed by atoms with Crippen LogP contribution in [0.5, 0.6) is 0 Å². The average Bonchev–Trinajstić information content (AvgIpc) is 3.14. The van der Waals surface area contributed by atoms with Gasteiger partial charge in [0.15, 0.2) is 4.34 Å². The van der Waals surface area contributed by atoms with Crippen LogP contribution in [0.3, 0.4) is 0 Å². The summed E-state index contributed by atoms with van der Waals surface area (Å²) in [5.41, 5.74) is 0.986. The molecule has 1 aromatic heterocycles. The van der Waals surface area contributed by atoms with Gasteiger partial charge in [-0.05, 0) is 37.1 Å². The quantitative estimate of drug-likeness (QED) is 0.362. The number of hydrogen-bond donors (Lipinski definition) is 2. The minimum Gasteiger partial charge on any atom is -0.465 e.